The van der Waals surface area contributed by atoms with E-state index in [4.69, 9.17) is 9.47 Å². The van der Waals surface area contributed by atoms with Crippen LogP contribution in [0.15, 0.2) is 12.1 Å². The fourth-order valence-electron chi connectivity index (χ4n) is 2.26. The van der Waals surface area contributed by atoms with Crippen LogP contribution in [-0.2, 0) is 0 Å². The molecule has 0 aromatic heterocycles. The van der Waals surface area contributed by atoms with Gasteiger partial charge in [-0.1, -0.05) is 6.92 Å². The van der Waals surface area contributed by atoms with Gasteiger partial charge in [-0.2, -0.15) is 11.8 Å². The van der Waals surface area contributed by atoms with Crippen molar-refractivity contribution in [2.45, 2.75) is 31.6 Å². The van der Waals surface area contributed by atoms with E-state index < -0.39 is 0 Å². The Morgan fingerprint density at radius 2 is 1.89 bits per heavy atom. The Balaban J connectivity index is 2.22. The molecule has 0 aliphatic carbocycles. The van der Waals surface area contributed by atoms with Crippen molar-refractivity contribution in [2.24, 2.45) is 0 Å². The monoisotopic (exact) mass is 267 g/mol. The molecule has 0 saturated carbocycles. The summed E-state index contributed by atoms with van der Waals surface area (Å²) in [6, 6.07) is 4.60. The molecule has 2 unspecified atom stereocenters. The van der Waals surface area contributed by atoms with E-state index in [-0.39, 0.29) is 0 Å². The average Bonchev–Trinajstić information content (AvgIpc) is 2.77. The molecule has 1 aromatic carbocycles. The molecule has 1 heterocycles. The lowest BCUT2D eigenvalue weighted by Crippen LogP contribution is -2.25. The van der Waals surface area contributed by atoms with Gasteiger partial charge in [0, 0.05) is 23.0 Å². The Kier molecular flexibility index (Phi) is 4.27. The maximum Gasteiger partial charge on any atom is 0.162 e. The van der Waals surface area contributed by atoms with Gasteiger partial charge in [0.05, 0.1) is 14.2 Å². The van der Waals surface area contributed by atoms with Crippen molar-refractivity contribution in [1.82, 2.24) is 0 Å². The molecule has 1 aliphatic heterocycles. The Labute approximate surface area is 113 Å². The second-order valence-corrected chi connectivity index (χ2v) is 6.12. The van der Waals surface area contributed by atoms with E-state index in [0.717, 1.165) is 17.2 Å². The summed E-state index contributed by atoms with van der Waals surface area (Å²) in [7, 11) is 3.34. The highest BCUT2D eigenvalue weighted by Crippen LogP contribution is 2.35. The first-order valence-corrected chi connectivity index (χ1v) is 7.31. The molecule has 0 radical (unpaired) electrons. The largest absolute Gasteiger partial charge is 0.493 e. The van der Waals surface area contributed by atoms with Crippen molar-refractivity contribution in [3.05, 3.63) is 17.7 Å². The molecular weight excluding hydrogens is 246 g/mol. The predicted molar refractivity (Wildman–Crippen MR) is 78.2 cm³/mol. The first-order valence-electron chi connectivity index (χ1n) is 6.26. The molecule has 2 atom stereocenters. The lowest BCUT2D eigenvalue weighted by molar-refractivity contribution is 0.355. The molecule has 0 bridgehead atoms. The van der Waals surface area contributed by atoms with Crippen molar-refractivity contribution in [2.75, 3.05) is 25.3 Å². The van der Waals surface area contributed by atoms with Gasteiger partial charge in [-0.15, -0.1) is 0 Å². The highest BCUT2D eigenvalue weighted by molar-refractivity contribution is 8.00. The highest BCUT2D eigenvalue weighted by atomic mass is 32.2. The van der Waals surface area contributed by atoms with Gasteiger partial charge in [0.25, 0.3) is 0 Å². The molecule has 2 rings (SSSR count). The molecule has 1 N–H and O–H groups in total. The van der Waals surface area contributed by atoms with Gasteiger partial charge in [-0.3, -0.25) is 0 Å². The third-order valence-corrected chi connectivity index (χ3v) is 4.77. The van der Waals surface area contributed by atoms with Crippen LogP contribution in [0.1, 0.15) is 18.9 Å². The minimum absolute atomic E-state index is 0.548. The smallest absolute Gasteiger partial charge is 0.162 e. The van der Waals surface area contributed by atoms with Crippen LogP contribution in [0.4, 0.5) is 5.69 Å². The summed E-state index contributed by atoms with van der Waals surface area (Å²) < 4.78 is 10.7. The average molecular weight is 267 g/mol. The molecule has 1 saturated heterocycles. The van der Waals surface area contributed by atoms with E-state index in [1.807, 2.05) is 23.9 Å². The number of aryl methyl sites for hydroxylation is 1. The van der Waals surface area contributed by atoms with Crippen LogP contribution in [0.3, 0.4) is 0 Å². The first kappa shape index (κ1) is 13.4. The van der Waals surface area contributed by atoms with Crippen LogP contribution in [0, 0.1) is 6.92 Å². The fourth-order valence-corrected chi connectivity index (χ4v) is 3.46. The molecule has 1 aliphatic rings. The molecule has 4 heteroatoms. The minimum atomic E-state index is 0.548. The zero-order valence-corrected chi connectivity index (χ0v) is 12.3. The van der Waals surface area contributed by atoms with Gasteiger partial charge >= 0.3 is 0 Å². The van der Waals surface area contributed by atoms with E-state index in [0.29, 0.717) is 11.3 Å². The van der Waals surface area contributed by atoms with Gasteiger partial charge < -0.3 is 14.8 Å². The van der Waals surface area contributed by atoms with Gasteiger partial charge in [-0.25, -0.2) is 0 Å². The predicted octanol–water partition coefficient (Wildman–Crippen LogP) is 3.32. The van der Waals surface area contributed by atoms with Crippen LogP contribution in [0.2, 0.25) is 0 Å². The van der Waals surface area contributed by atoms with E-state index in [9.17, 15) is 0 Å². The molecule has 18 heavy (non-hydrogen) atoms. The second kappa shape index (κ2) is 5.74. The number of anilines is 1. The van der Waals surface area contributed by atoms with E-state index >= 15 is 0 Å². The number of rotatable bonds is 4. The van der Waals surface area contributed by atoms with Crippen molar-refractivity contribution in [3.63, 3.8) is 0 Å². The minimum Gasteiger partial charge on any atom is -0.493 e. The first-order chi connectivity index (χ1) is 8.65. The summed E-state index contributed by atoms with van der Waals surface area (Å²) in [5.41, 5.74) is 2.34. The Bertz CT molecular complexity index is 423. The summed E-state index contributed by atoms with van der Waals surface area (Å²) in [6.45, 7) is 4.38. The van der Waals surface area contributed by atoms with Crippen LogP contribution >= 0.6 is 11.8 Å². The van der Waals surface area contributed by atoms with Crippen molar-refractivity contribution < 1.29 is 9.47 Å². The van der Waals surface area contributed by atoms with E-state index in [1.54, 1.807) is 14.2 Å². The number of thioether (sulfide) groups is 1. The van der Waals surface area contributed by atoms with Crippen LogP contribution in [0.5, 0.6) is 11.5 Å². The summed E-state index contributed by atoms with van der Waals surface area (Å²) >= 11 is 2.03. The number of hydrogen-bond donors (Lipinski definition) is 1. The molecule has 1 fully saturated rings. The van der Waals surface area contributed by atoms with E-state index in [1.165, 1.54) is 17.7 Å². The summed E-state index contributed by atoms with van der Waals surface area (Å²) in [6.07, 6.45) is 1.22. The lowest BCUT2D eigenvalue weighted by Gasteiger charge is -2.21. The van der Waals surface area contributed by atoms with Crippen LogP contribution in [0.25, 0.3) is 0 Å². The van der Waals surface area contributed by atoms with Crippen LogP contribution in [-0.4, -0.2) is 31.3 Å². The molecule has 100 valence electrons. The number of benzene rings is 1. The van der Waals surface area contributed by atoms with Crippen molar-refractivity contribution >= 4 is 17.4 Å². The van der Waals surface area contributed by atoms with E-state index in [2.05, 4.69) is 19.2 Å². The molecule has 3 nitrogen and oxygen atoms in total. The van der Waals surface area contributed by atoms with Crippen molar-refractivity contribution in [1.29, 1.82) is 0 Å². The summed E-state index contributed by atoms with van der Waals surface area (Å²) in [5.74, 6) is 2.81. The van der Waals surface area contributed by atoms with Crippen LogP contribution < -0.4 is 14.8 Å². The quantitative estimate of drug-likeness (QED) is 0.906. The molecule has 1 aromatic rings. The Hall–Kier alpha value is -1.03. The van der Waals surface area contributed by atoms with Gasteiger partial charge in [-0.05, 0) is 30.7 Å². The normalized spacial score (nSPS) is 22.9. The molecule has 0 spiro atoms. The number of nitrogens with one attached hydrogen (secondary N) is 1. The Morgan fingerprint density at radius 3 is 2.44 bits per heavy atom. The number of hydrogen-bond acceptors (Lipinski definition) is 4. The summed E-state index contributed by atoms with van der Waals surface area (Å²) in [4.78, 5) is 0. The van der Waals surface area contributed by atoms with Gasteiger partial charge in [0.15, 0.2) is 11.5 Å². The lowest BCUT2D eigenvalue weighted by atomic mass is 10.1. The third-order valence-electron chi connectivity index (χ3n) is 3.45. The number of ether oxygens (including phenoxy) is 2. The summed E-state index contributed by atoms with van der Waals surface area (Å²) in [5, 5.41) is 4.29. The maximum absolute atomic E-state index is 5.35. The van der Waals surface area contributed by atoms with Gasteiger partial charge in [0.1, 0.15) is 0 Å². The zero-order valence-electron chi connectivity index (χ0n) is 11.4. The Morgan fingerprint density at radius 1 is 1.22 bits per heavy atom. The highest BCUT2D eigenvalue weighted by Gasteiger charge is 2.24. The third kappa shape index (κ3) is 2.69. The second-order valence-electron chi connectivity index (χ2n) is 4.64. The zero-order chi connectivity index (χ0) is 13.1. The fraction of sp³-hybridized carbons (Fsp3) is 0.571. The molecule has 0 amide bonds. The maximum atomic E-state index is 5.35. The number of methoxy groups -OCH3 is 2. The standard InChI is InChI=1S/C14H21NO2S/c1-9-7-13(16-3)14(17-4)8-12(9)15-11-5-6-18-10(11)2/h7-8,10-11,15H,5-6H2,1-4H3. The van der Waals surface area contributed by atoms with Gasteiger partial charge in [0.2, 0.25) is 0 Å². The molecular formula is C14H21NO2S. The van der Waals surface area contributed by atoms with Crippen molar-refractivity contribution in [3.8, 4) is 11.5 Å². The SMILES string of the molecule is COc1cc(C)c(NC2CCSC2C)cc1OC. The topological polar surface area (TPSA) is 30.5 Å².